The fraction of sp³-hybridized carbons (Fsp3) is 0.846. The molecule has 35 heavy (non-hydrogen) atoms. The quantitative estimate of drug-likeness (QED) is 0.577. The zero-order chi connectivity index (χ0) is 25.6. The summed E-state index contributed by atoms with van der Waals surface area (Å²) in [5.41, 5.74) is -1.30. The van der Waals surface area contributed by atoms with E-state index >= 15 is 0 Å². The van der Waals surface area contributed by atoms with Gasteiger partial charge in [-0.25, -0.2) is 9.59 Å². The molecule has 1 N–H and O–H groups in total. The maximum Gasteiger partial charge on any atom is 0.410 e. The third-order valence-electron chi connectivity index (χ3n) is 7.11. The van der Waals surface area contributed by atoms with Crippen molar-refractivity contribution in [2.75, 3.05) is 6.54 Å². The molecule has 1 heterocycles. The Kier molecular flexibility index (Phi) is 6.83. The zero-order valence-corrected chi connectivity index (χ0v) is 22.3. The number of carbonyl (C=O) groups is 2. The molecule has 1 aromatic heterocycles. The lowest BCUT2D eigenvalue weighted by molar-refractivity contribution is 0.0199. The van der Waals surface area contributed by atoms with Crippen LogP contribution in [0.25, 0.3) is 0 Å². The number of carbonyl (C=O) groups excluding carboxylic acids is 2. The molecular weight excluding hydrogens is 448 g/mol. The van der Waals surface area contributed by atoms with Gasteiger partial charge in [-0.1, -0.05) is 6.92 Å². The maximum absolute atomic E-state index is 13.0. The minimum atomic E-state index is -0.529. The minimum absolute atomic E-state index is 0.0983. The number of alkyl carbamates (subject to hydrolysis) is 1. The highest BCUT2D eigenvalue weighted by Crippen LogP contribution is 2.51. The summed E-state index contributed by atoms with van der Waals surface area (Å²) in [6.07, 6.45) is 5.69. The Bertz CT molecular complexity index is 919. The summed E-state index contributed by atoms with van der Waals surface area (Å²) in [5, 5.41) is 11.8. The molecule has 3 fully saturated rings. The summed E-state index contributed by atoms with van der Waals surface area (Å²) in [4.78, 5) is 26.9. The fourth-order valence-electron chi connectivity index (χ4n) is 4.86. The molecule has 4 rings (SSSR count). The van der Waals surface area contributed by atoms with Gasteiger partial charge in [0.1, 0.15) is 11.2 Å². The van der Waals surface area contributed by atoms with Crippen molar-refractivity contribution in [1.82, 2.24) is 20.4 Å². The molecule has 196 valence electrons. The van der Waals surface area contributed by atoms with E-state index in [1.54, 1.807) is 0 Å². The third-order valence-corrected chi connectivity index (χ3v) is 7.11. The lowest BCUT2D eigenvalue weighted by Crippen LogP contribution is -2.43. The predicted molar refractivity (Wildman–Crippen MR) is 130 cm³/mol. The molecule has 2 amide bonds. The largest absolute Gasteiger partial charge is 0.444 e. The fourth-order valence-corrected chi connectivity index (χ4v) is 4.86. The van der Waals surface area contributed by atoms with Gasteiger partial charge in [-0.3, -0.25) is 0 Å². The molecule has 3 saturated carbocycles. The molecule has 3 aliphatic rings. The van der Waals surface area contributed by atoms with Crippen molar-refractivity contribution in [1.29, 1.82) is 0 Å². The molecular formula is C26H42N4O5. The normalized spacial score (nSPS) is 27.6. The van der Waals surface area contributed by atoms with Gasteiger partial charge in [0.25, 0.3) is 0 Å². The Hall–Kier alpha value is -2.32. The lowest BCUT2D eigenvalue weighted by Gasteiger charge is -2.30. The van der Waals surface area contributed by atoms with Crippen molar-refractivity contribution in [3.8, 4) is 0 Å². The molecule has 1 aromatic rings. The summed E-state index contributed by atoms with van der Waals surface area (Å²) in [6, 6.07) is 0.318. The standard InChI is InChI=1S/C26H42N4O5/c1-16-14-19(16)30(23(32)35-25(5,6)7)15-26(12-13-26)21-29-28-20(33-21)17-8-10-18(11-9-17)27-22(31)34-24(2,3)4/h16-19H,8-15H2,1-7H3,(H,27,31)/t16-,17?,18?,19-/m1/s1. The van der Waals surface area contributed by atoms with Crippen molar-refractivity contribution < 1.29 is 23.5 Å². The summed E-state index contributed by atoms with van der Waals surface area (Å²) in [5.74, 6) is 1.99. The van der Waals surface area contributed by atoms with E-state index in [0.29, 0.717) is 24.2 Å². The van der Waals surface area contributed by atoms with Crippen LogP contribution in [0.15, 0.2) is 4.42 Å². The number of amides is 2. The van der Waals surface area contributed by atoms with Crippen LogP contribution in [0.1, 0.15) is 111 Å². The SMILES string of the molecule is C[C@@H]1C[C@H]1N(CC1(c2nnc(C3CCC(NC(=O)OC(C)(C)C)CC3)o2)CC1)C(=O)OC(C)(C)C. The first-order valence-corrected chi connectivity index (χ1v) is 13.1. The number of nitrogens with zero attached hydrogens (tertiary/aromatic N) is 3. The Morgan fingerprint density at radius 1 is 1.03 bits per heavy atom. The van der Waals surface area contributed by atoms with Crippen LogP contribution in [0, 0.1) is 5.92 Å². The molecule has 2 atom stereocenters. The van der Waals surface area contributed by atoms with Crippen molar-refractivity contribution in [2.24, 2.45) is 5.92 Å². The Labute approximate surface area is 208 Å². The average Bonchev–Trinajstić information content (AvgIpc) is 3.60. The van der Waals surface area contributed by atoms with Gasteiger partial charge < -0.3 is 24.1 Å². The van der Waals surface area contributed by atoms with E-state index in [4.69, 9.17) is 13.9 Å². The number of nitrogens with one attached hydrogen (secondary N) is 1. The first-order valence-electron chi connectivity index (χ1n) is 13.1. The van der Waals surface area contributed by atoms with Gasteiger partial charge in [-0.05, 0) is 92.4 Å². The van der Waals surface area contributed by atoms with Gasteiger partial charge in [0.15, 0.2) is 0 Å². The van der Waals surface area contributed by atoms with Crippen molar-refractivity contribution in [3.05, 3.63) is 11.8 Å². The van der Waals surface area contributed by atoms with Crippen LogP contribution in [-0.4, -0.2) is 57.1 Å². The van der Waals surface area contributed by atoms with Crippen LogP contribution in [-0.2, 0) is 14.9 Å². The second kappa shape index (κ2) is 9.28. The molecule has 9 nitrogen and oxygen atoms in total. The van der Waals surface area contributed by atoms with Crippen LogP contribution in [0.4, 0.5) is 9.59 Å². The topological polar surface area (TPSA) is 107 Å². The number of rotatable bonds is 6. The Morgan fingerprint density at radius 2 is 1.63 bits per heavy atom. The number of aromatic nitrogens is 2. The van der Waals surface area contributed by atoms with E-state index in [2.05, 4.69) is 22.4 Å². The molecule has 0 aromatic carbocycles. The first-order chi connectivity index (χ1) is 16.2. The molecule has 0 aliphatic heterocycles. The van der Waals surface area contributed by atoms with Gasteiger partial charge in [-0.2, -0.15) is 0 Å². The van der Waals surface area contributed by atoms with Crippen LogP contribution in [0.3, 0.4) is 0 Å². The maximum atomic E-state index is 13.0. The minimum Gasteiger partial charge on any atom is -0.444 e. The Balaban J connectivity index is 1.34. The molecule has 3 aliphatic carbocycles. The third kappa shape index (κ3) is 6.67. The van der Waals surface area contributed by atoms with E-state index < -0.39 is 11.2 Å². The second-order valence-electron chi connectivity index (χ2n) is 12.8. The van der Waals surface area contributed by atoms with E-state index in [1.807, 2.05) is 46.4 Å². The summed E-state index contributed by atoms with van der Waals surface area (Å²) in [6.45, 7) is 14.0. The summed E-state index contributed by atoms with van der Waals surface area (Å²) in [7, 11) is 0. The smallest absolute Gasteiger partial charge is 0.410 e. The van der Waals surface area contributed by atoms with Crippen molar-refractivity contribution in [2.45, 2.75) is 128 Å². The molecule has 0 spiro atoms. The van der Waals surface area contributed by atoms with E-state index in [9.17, 15) is 9.59 Å². The number of hydrogen-bond acceptors (Lipinski definition) is 7. The monoisotopic (exact) mass is 490 g/mol. The van der Waals surface area contributed by atoms with Crippen molar-refractivity contribution in [3.63, 3.8) is 0 Å². The molecule has 9 heteroatoms. The molecule has 0 saturated heterocycles. The van der Waals surface area contributed by atoms with Gasteiger partial charge in [0.05, 0.1) is 5.41 Å². The highest BCUT2D eigenvalue weighted by molar-refractivity contribution is 5.69. The molecule has 0 unspecified atom stereocenters. The van der Waals surface area contributed by atoms with Crippen molar-refractivity contribution >= 4 is 12.2 Å². The van der Waals surface area contributed by atoms with Crippen LogP contribution in [0.5, 0.6) is 0 Å². The predicted octanol–water partition coefficient (Wildman–Crippen LogP) is 5.30. The van der Waals surface area contributed by atoms with Gasteiger partial charge in [0.2, 0.25) is 11.8 Å². The molecule has 0 bridgehead atoms. The van der Waals surface area contributed by atoms with Crippen LogP contribution >= 0.6 is 0 Å². The highest BCUT2D eigenvalue weighted by atomic mass is 16.6. The van der Waals surface area contributed by atoms with Crippen LogP contribution in [0.2, 0.25) is 0 Å². The average molecular weight is 491 g/mol. The highest BCUT2D eigenvalue weighted by Gasteiger charge is 2.54. The van der Waals surface area contributed by atoms with E-state index in [1.165, 1.54) is 0 Å². The van der Waals surface area contributed by atoms with Gasteiger partial charge in [0, 0.05) is 24.5 Å². The zero-order valence-electron chi connectivity index (χ0n) is 22.3. The van der Waals surface area contributed by atoms with E-state index in [0.717, 1.165) is 44.9 Å². The van der Waals surface area contributed by atoms with Gasteiger partial charge in [-0.15, -0.1) is 10.2 Å². The Morgan fingerprint density at radius 3 is 2.14 bits per heavy atom. The number of hydrogen-bond donors (Lipinski definition) is 1. The first kappa shape index (κ1) is 25.8. The van der Waals surface area contributed by atoms with E-state index in [-0.39, 0.29) is 35.6 Å². The number of ether oxygens (including phenoxy) is 2. The summed E-state index contributed by atoms with van der Waals surface area (Å²) >= 11 is 0. The lowest BCUT2D eigenvalue weighted by atomic mass is 9.86. The molecule has 0 radical (unpaired) electrons. The summed E-state index contributed by atoms with van der Waals surface area (Å²) < 4.78 is 17.3. The van der Waals surface area contributed by atoms with Gasteiger partial charge >= 0.3 is 12.2 Å². The second-order valence-corrected chi connectivity index (χ2v) is 12.8. The van der Waals surface area contributed by atoms with Crippen LogP contribution < -0.4 is 5.32 Å².